The van der Waals surface area contributed by atoms with E-state index in [1.807, 2.05) is 77.8 Å². The fourth-order valence-corrected chi connectivity index (χ4v) is 14.8. The van der Waals surface area contributed by atoms with Gasteiger partial charge in [-0.3, -0.25) is 24.6 Å². The summed E-state index contributed by atoms with van der Waals surface area (Å²) in [5.74, 6) is -2.13. The van der Waals surface area contributed by atoms with E-state index in [0.29, 0.717) is 64.0 Å². The number of halogens is 1. The maximum atomic E-state index is 15.0. The van der Waals surface area contributed by atoms with E-state index in [4.69, 9.17) is 42.6 Å². The maximum absolute atomic E-state index is 15.0. The molecular formula is C59H91FN8O13. The third-order valence-electron chi connectivity index (χ3n) is 19.3. The summed E-state index contributed by atoms with van der Waals surface area (Å²) in [7, 11) is 8.34. The Labute approximate surface area is 477 Å². The van der Waals surface area contributed by atoms with Gasteiger partial charge in [-0.05, 0) is 77.8 Å². The smallest absolute Gasteiger partial charge is 0.410 e. The summed E-state index contributed by atoms with van der Waals surface area (Å²) in [5.41, 5.74) is -1.67. The summed E-state index contributed by atoms with van der Waals surface area (Å²) in [4.78, 5) is 40.7. The summed E-state index contributed by atoms with van der Waals surface area (Å²) < 4.78 is 72.5. The molecule has 6 aliphatic rings. The minimum atomic E-state index is -1.76. The number of benzene rings is 1. The molecule has 6 fully saturated rings. The van der Waals surface area contributed by atoms with Crippen molar-refractivity contribution in [2.24, 2.45) is 23.7 Å². The lowest BCUT2D eigenvalue weighted by atomic mass is 9.63. The van der Waals surface area contributed by atoms with Gasteiger partial charge in [0.25, 0.3) is 0 Å². The lowest BCUT2D eigenvalue weighted by Crippen LogP contribution is -2.73. The zero-order chi connectivity index (χ0) is 58.8. The number of rotatable bonds is 15. The van der Waals surface area contributed by atoms with E-state index < -0.39 is 108 Å². The molecule has 6 aliphatic heterocycles. The van der Waals surface area contributed by atoms with Gasteiger partial charge >= 0.3 is 12.1 Å². The monoisotopic (exact) mass is 1140 g/mol. The van der Waals surface area contributed by atoms with Crippen LogP contribution in [0.25, 0.3) is 11.3 Å². The highest BCUT2D eigenvalue weighted by Gasteiger charge is 2.75. The average molecular weight is 1140 g/mol. The number of carbonyl (C=O) groups is 2. The predicted octanol–water partition coefficient (Wildman–Crippen LogP) is 5.91. The number of carbonyl (C=O) groups excluding carboxylic acids is 2. The molecule has 6 unspecified atom stereocenters. The lowest BCUT2D eigenvalue weighted by Gasteiger charge is -2.55. The van der Waals surface area contributed by atoms with Crippen LogP contribution in [0.3, 0.4) is 0 Å². The summed E-state index contributed by atoms with van der Waals surface area (Å²) in [6.45, 7) is 19.0. The number of likely N-dealkylation sites (N-methyl/N-ethyl adjacent to an activating group) is 1. The highest BCUT2D eigenvalue weighted by atomic mass is 19.1. The van der Waals surface area contributed by atoms with Crippen LogP contribution in [0.15, 0.2) is 49.1 Å². The highest BCUT2D eigenvalue weighted by molar-refractivity contribution is 5.74. The Bertz CT molecular complexity index is 2540. The van der Waals surface area contributed by atoms with Crippen molar-refractivity contribution in [3.05, 3.63) is 60.3 Å². The molecule has 2 bridgehead atoms. The molecule has 22 heteroatoms. The van der Waals surface area contributed by atoms with E-state index in [2.05, 4.69) is 44.3 Å². The first kappa shape index (κ1) is 62.7. The molecule has 6 saturated heterocycles. The Balaban J connectivity index is 0.000000700. The van der Waals surface area contributed by atoms with Crippen LogP contribution in [0.1, 0.15) is 118 Å². The van der Waals surface area contributed by atoms with Gasteiger partial charge in [0, 0.05) is 110 Å². The number of amides is 1. The number of aromatic nitrogens is 5. The van der Waals surface area contributed by atoms with Gasteiger partial charge in [0.1, 0.15) is 36.6 Å². The van der Waals surface area contributed by atoms with Crippen molar-refractivity contribution in [3.63, 3.8) is 0 Å². The first-order chi connectivity index (χ1) is 38.7. The summed E-state index contributed by atoms with van der Waals surface area (Å²) in [6.07, 6.45) is 4.16. The fourth-order valence-electron chi connectivity index (χ4n) is 14.8. The Morgan fingerprint density at radius 3 is 2.36 bits per heavy atom. The van der Waals surface area contributed by atoms with Crippen molar-refractivity contribution < 1.29 is 66.8 Å². The second-order valence-electron chi connectivity index (χ2n) is 23.8. The molecule has 3 N–H and O–H groups in total. The van der Waals surface area contributed by atoms with Crippen LogP contribution in [0.4, 0.5) is 9.18 Å². The summed E-state index contributed by atoms with van der Waals surface area (Å²) >= 11 is 0. The number of fused-ring (bicyclic) bond motifs is 4. The molecule has 0 spiro atoms. The van der Waals surface area contributed by atoms with Gasteiger partial charge in [-0.1, -0.05) is 64.1 Å². The van der Waals surface area contributed by atoms with Gasteiger partial charge in [0.2, 0.25) is 0 Å². The Morgan fingerprint density at radius 2 is 1.74 bits per heavy atom. The van der Waals surface area contributed by atoms with E-state index in [9.17, 15) is 19.8 Å². The molecule has 2 aromatic heterocycles. The normalized spacial score (nSPS) is 38.8. The van der Waals surface area contributed by atoms with Crippen molar-refractivity contribution >= 4 is 12.1 Å². The highest BCUT2D eigenvalue weighted by Crippen LogP contribution is 2.56. The number of ether oxygens (including phenoxy) is 9. The van der Waals surface area contributed by atoms with Crippen LogP contribution in [-0.2, 0) is 53.8 Å². The van der Waals surface area contributed by atoms with E-state index in [0.717, 1.165) is 23.2 Å². The molecule has 20 atom stereocenters. The summed E-state index contributed by atoms with van der Waals surface area (Å²) in [6, 6.07) is 5.66. The third kappa shape index (κ3) is 11.5. The van der Waals surface area contributed by atoms with Crippen LogP contribution in [0, 0.1) is 23.7 Å². The van der Waals surface area contributed by atoms with E-state index in [-0.39, 0.29) is 30.1 Å². The molecule has 8 heterocycles. The molecule has 9 rings (SSSR count). The second-order valence-corrected chi connectivity index (χ2v) is 23.8. The van der Waals surface area contributed by atoms with E-state index in [1.165, 1.54) is 4.68 Å². The van der Waals surface area contributed by atoms with Crippen molar-refractivity contribution in [3.8, 4) is 11.3 Å². The number of cyclic esters (lactones) is 1. The number of esters is 1. The molecule has 0 saturated carbocycles. The largest absolute Gasteiger partial charge is 0.458 e. The first-order valence-electron chi connectivity index (χ1n) is 29.1. The minimum Gasteiger partial charge on any atom is -0.458 e. The number of methoxy groups -OCH3 is 4. The number of nitrogens with one attached hydrogen (secondary N) is 1. The zero-order valence-electron chi connectivity index (χ0n) is 50.0. The van der Waals surface area contributed by atoms with Gasteiger partial charge in [-0.15, -0.1) is 5.10 Å². The molecule has 81 heavy (non-hydrogen) atoms. The van der Waals surface area contributed by atoms with Crippen molar-refractivity contribution in [2.45, 2.75) is 196 Å². The van der Waals surface area contributed by atoms with Crippen LogP contribution in [0.5, 0.6) is 0 Å². The number of aliphatic hydroxyl groups is 2. The van der Waals surface area contributed by atoms with E-state index in [1.54, 1.807) is 60.2 Å². The molecule has 1 aromatic carbocycles. The number of alkyl halides is 1. The van der Waals surface area contributed by atoms with Crippen LogP contribution in [-0.4, -0.2) is 209 Å². The SMILES string of the molecule is CC[C@H]1OC(=O)C(C)[C@@H](OC)[C@H](C)[C@H]2O[C@@H]3OC(C)CC(N(C)CCc4cn(C(CF)C(OC)c5ccc(-c6cnccn6)cc5)nn4)[C@]3(O)[C@@]2(OC)C[C@@H](C)C2NCCN3C(=O)O[C@@]1(CC)[C@H]3[C@H]2C.CO[C@]1(C)CCO[C@@H](C)[C@@H]1O. The molecule has 452 valence electrons. The predicted molar refractivity (Wildman–Crippen MR) is 296 cm³/mol. The first-order valence-corrected chi connectivity index (χ1v) is 29.1. The number of hydrogen-bond donors (Lipinski definition) is 3. The van der Waals surface area contributed by atoms with Crippen molar-refractivity contribution in [1.82, 2.24) is 40.1 Å². The molecule has 1 amide bonds. The van der Waals surface area contributed by atoms with Gasteiger partial charge in [-0.2, -0.15) is 0 Å². The van der Waals surface area contributed by atoms with Crippen molar-refractivity contribution in [2.75, 3.05) is 68.4 Å². The van der Waals surface area contributed by atoms with Crippen LogP contribution >= 0.6 is 0 Å². The van der Waals surface area contributed by atoms with Crippen LogP contribution < -0.4 is 5.32 Å². The minimum absolute atomic E-state index is 0.117. The number of aliphatic hydroxyl groups excluding tert-OH is 1. The van der Waals surface area contributed by atoms with Gasteiger partial charge < -0.3 is 58.2 Å². The standard InChI is InChI=1S/C51H75FN8O10.C8H16O3/c1-12-40-49(13-2)44-31(5)41(55-21-23-59(44)48(62)70-49)29(3)25-50(66-11)45(32(6)42(64-9)33(7)46(61)68-40)69-47-51(50,63)39(24-30(4)67-47)58(8)22-18-36-28-60(57-56-36)38(26-52)43(65-10)35-16-14-34(15-17-35)37-27-53-19-20-54-37;1-6-7(9)8(2,10-3)4-5-11-6/h14-17,19-20,27-33,38-45,47,55,63H,12-13,18,21-26H2,1-11H3;6-7,9H,4-5H2,1-3H3/t29-,30?,31+,32+,33?,38?,39?,40-,41?,42+,43?,44-,45-,47+,49-,50-,51-;6-,7-,8+/m10/s1. The molecule has 21 nitrogen and oxygen atoms in total. The lowest BCUT2D eigenvalue weighted by molar-refractivity contribution is -0.289. The average Bonchev–Trinajstić information content (AvgIpc) is 2.04. The van der Waals surface area contributed by atoms with Gasteiger partial charge in [0.05, 0.1) is 59.6 Å². The topological polar surface area (TPSA) is 233 Å². The molecule has 3 aromatic rings. The quantitative estimate of drug-likeness (QED) is 0.150. The second kappa shape index (κ2) is 25.9. The third-order valence-corrected chi connectivity index (χ3v) is 19.3. The van der Waals surface area contributed by atoms with Gasteiger partial charge in [-0.25, -0.2) is 13.9 Å². The Hall–Kier alpha value is -4.33. The summed E-state index contributed by atoms with van der Waals surface area (Å²) in [5, 5.41) is 36.2. The molecule has 0 aliphatic carbocycles. The molecule has 0 radical (unpaired) electrons. The van der Waals surface area contributed by atoms with E-state index >= 15 is 4.39 Å². The number of nitrogens with zero attached hydrogens (tertiary/aromatic N) is 7. The fraction of sp³-hybridized carbons (Fsp3) is 0.763. The Kier molecular flexibility index (Phi) is 20.0. The maximum Gasteiger partial charge on any atom is 0.410 e. The van der Waals surface area contributed by atoms with Crippen molar-refractivity contribution in [1.29, 1.82) is 0 Å². The van der Waals surface area contributed by atoms with Crippen LogP contribution in [0.2, 0.25) is 0 Å². The molecular weight excluding hydrogens is 1050 g/mol. The zero-order valence-corrected chi connectivity index (χ0v) is 50.0. The Morgan fingerprint density at radius 1 is 1.00 bits per heavy atom. The van der Waals surface area contributed by atoms with Gasteiger partial charge in [0.15, 0.2) is 17.5 Å². The number of hydrogen-bond acceptors (Lipinski definition) is 19.